The van der Waals surface area contributed by atoms with Crippen molar-refractivity contribution in [3.8, 4) is 0 Å². The predicted molar refractivity (Wildman–Crippen MR) is 106 cm³/mol. The van der Waals surface area contributed by atoms with Crippen LogP contribution in [0.1, 0.15) is 12.8 Å². The fourth-order valence-electron chi connectivity index (χ4n) is 3.97. The Bertz CT molecular complexity index is 811. The highest BCUT2D eigenvalue weighted by atomic mass is 16.5. The van der Waals surface area contributed by atoms with Crippen LogP contribution in [0.25, 0.3) is 10.9 Å². The minimum absolute atomic E-state index is 0.144. The molecule has 27 heavy (non-hydrogen) atoms. The van der Waals surface area contributed by atoms with Crippen molar-refractivity contribution in [2.24, 2.45) is 5.92 Å². The van der Waals surface area contributed by atoms with Gasteiger partial charge in [0.1, 0.15) is 12.1 Å². The lowest BCUT2D eigenvalue weighted by Crippen LogP contribution is -2.51. The van der Waals surface area contributed by atoms with E-state index in [-0.39, 0.29) is 5.92 Å². The first kappa shape index (κ1) is 18.0. The fourth-order valence-corrected chi connectivity index (χ4v) is 3.97. The standard InChI is InChI=1S/C20H27N5O2/c1-23(2)19-17-13-16(3-4-18(17)21-14-22-19)24-7-9-25(10-8-24)20(26)15-5-11-27-12-6-15/h3-4,13-15H,5-12H2,1-2H3. The minimum Gasteiger partial charge on any atom is -0.381 e. The van der Waals surface area contributed by atoms with Crippen molar-refractivity contribution in [3.63, 3.8) is 0 Å². The Morgan fingerprint density at radius 1 is 1.11 bits per heavy atom. The molecule has 0 bridgehead atoms. The van der Waals surface area contributed by atoms with Crippen LogP contribution in [-0.4, -0.2) is 74.3 Å². The van der Waals surface area contributed by atoms with E-state index in [4.69, 9.17) is 4.74 Å². The van der Waals surface area contributed by atoms with Gasteiger partial charge in [0.15, 0.2) is 0 Å². The Hall–Kier alpha value is -2.41. The summed E-state index contributed by atoms with van der Waals surface area (Å²) in [5, 5.41) is 1.06. The first-order chi connectivity index (χ1) is 13.1. The van der Waals surface area contributed by atoms with E-state index in [2.05, 4.69) is 33.1 Å². The first-order valence-electron chi connectivity index (χ1n) is 9.67. The number of aromatic nitrogens is 2. The van der Waals surface area contributed by atoms with Crippen LogP contribution in [0.5, 0.6) is 0 Å². The molecular weight excluding hydrogens is 342 g/mol. The van der Waals surface area contributed by atoms with Crippen molar-refractivity contribution in [3.05, 3.63) is 24.5 Å². The Kier molecular flexibility index (Phi) is 5.11. The molecular formula is C20H27N5O2. The molecule has 2 aromatic rings. The van der Waals surface area contributed by atoms with Gasteiger partial charge in [-0.1, -0.05) is 0 Å². The van der Waals surface area contributed by atoms with Gasteiger partial charge in [-0.25, -0.2) is 9.97 Å². The molecule has 1 aromatic heterocycles. The molecule has 1 aromatic carbocycles. The molecule has 0 radical (unpaired) electrons. The molecule has 2 aliphatic heterocycles. The lowest BCUT2D eigenvalue weighted by Gasteiger charge is -2.38. The molecule has 0 saturated carbocycles. The molecule has 4 rings (SSSR count). The van der Waals surface area contributed by atoms with E-state index in [0.29, 0.717) is 19.1 Å². The number of rotatable bonds is 3. The van der Waals surface area contributed by atoms with Crippen molar-refractivity contribution >= 4 is 28.3 Å². The van der Waals surface area contributed by atoms with Crippen molar-refractivity contribution in [2.45, 2.75) is 12.8 Å². The normalized spacial score (nSPS) is 18.7. The summed E-state index contributed by atoms with van der Waals surface area (Å²) >= 11 is 0. The third-order valence-electron chi connectivity index (χ3n) is 5.55. The van der Waals surface area contributed by atoms with Gasteiger partial charge in [0, 0.05) is 70.5 Å². The molecule has 7 heteroatoms. The van der Waals surface area contributed by atoms with Crippen LogP contribution in [0.2, 0.25) is 0 Å². The van der Waals surface area contributed by atoms with Crippen LogP contribution < -0.4 is 9.80 Å². The Labute approximate surface area is 159 Å². The van der Waals surface area contributed by atoms with Gasteiger partial charge in [0.25, 0.3) is 0 Å². The van der Waals surface area contributed by atoms with E-state index in [9.17, 15) is 4.79 Å². The van der Waals surface area contributed by atoms with E-state index in [1.54, 1.807) is 6.33 Å². The number of ether oxygens (including phenoxy) is 1. The summed E-state index contributed by atoms with van der Waals surface area (Å²) in [5.74, 6) is 1.38. The molecule has 0 aliphatic carbocycles. The van der Waals surface area contributed by atoms with E-state index in [0.717, 1.165) is 55.7 Å². The molecule has 2 fully saturated rings. The highest BCUT2D eigenvalue weighted by Gasteiger charge is 2.28. The zero-order chi connectivity index (χ0) is 18.8. The number of anilines is 2. The van der Waals surface area contributed by atoms with Gasteiger partial charge in [-0.3, -0.25) is 4.79 Å². The first-order valence-corrected chi connectivity index (χ1v) is 9.67. The quantitative estimate of drug-likeness (QED) is 0.822. The van der Waals surface area contributed by atoms with Gasteiger partial charge >= 0.3 is 0 Å². The summed E-state index contributed by atoms with van der Waals surface area (Å²) in [7, 11) is 3.99. The molecule has 0 N–H and O–H groups in total. The molecule has 1 amide bonds. The molecule has 0 unspecified atom stereocenters. The monoisotopic (exact) mass is 369 g/mol. The van der Waals surface area contributed by atoms with Gasteiger partial charge in [-0.15, -0.1) is 0 Å². The van der Waals surface area contributed by atoms with Crippen LogP contribution in [0.3, 0.4) is 0 Å². The van der Waals surface area contributed by atoms with Crippen molar-refractivity contribution in [1.82, 2.24) is 14.9 Å². The fraction of sp³-hybridized carbons (Fsp3) is 0.550. The third kappa shape index (κ3) is 3.69. The maximum absolute atomic E-state index is 12.7. The van der Waals surface area contributed by atoms with E-state index in [1.165, 1.54) is 5.69 Å². The van der Waals surface area contributed by atoms with E-state index < -0.39 is 0 Å². The van der Waals surface area contributed by atoms with Gasteiger partial charge in [0.2, 0.25) is 5.91 Å². The molecule has 2 saturated heterocycles. The molecule has 7 nitrogen and oxygen atoms in total. The molecule has 0 atom stereocenters. The molecule has 144 valence electrons. The average Bonchev–Trinajstić information content (AvgIpc) is 2.73. The molecule has 3 heterocycles. The summed E-state index contributed by atoms with van der Waals surface area (Å²) in [6.45, 7) is 4.69. The van der Waals surface area contributed by atoms with Gasteiger partial charge in [-0.05, 0) is 31.0 Å². The maximum atomic E-state index is 12.7. The lowest BCUT2D eigenvalue weighted by atomic mass is 9.98. The number of carbonyl (C=O) groups is 1. The van der Waals surface area contributed by atoms with Crippen molar-refractivity contribution < 1.29 is 9.53 Å². The second kappa shape index (κ2) is 7.68. The topological polar surface area (TPSA) is 61.8 Å². The van der Waals surface area contributed by atoms with Gasteiger partial charge < -0.3 is 19.4 Å². The van der Waals surface area contributed by atoms with Gasteiger partial charge in [0.05, 0.1) is 5.52 Å². The number of benzene rings is 1. The van der Waals surface area contributed by atoms with Crippen LogP contribution in [0.15, 0.2) is 24.5 Å². The Balaban J connectivity index is 1.46. The van der Waals surface area contributed by atoms with Crippen LogP contribution in [-0.2, 0) is 9.53 Å². The van der Waals surface area contributed by atoms with Gasteiger partial charge in [-0.2, -0.15) is 0 Å². The number of hydrogen-bond acceptors (Lipinski definition) is 6. The van der Waals surface area contributed by atoms with Crippen LogP contribution >= 0.6 is 0 Å². The minimum atomic E-state index is 0.144. The van der Waals surface area contributed by atoms with E-state index >= 15 is 0 Å². The summed E-state index contributed by atoms with van der Waals surface area (Å²) in [6.07, 6.45) is 3.33. The third-order valence-corrected chi connectivity index (χ3v) is 5.55. The SMILES string of the molecule is CN(C)c1ncnc2ccc(N3CCN(C(=O)C4CCOCC4)CC3)cc12. The maximum Gasteiger partial charge on any atom is 0.225 e. The zero-order valence-corrected chi connectivity index (χ0v) is 16.1. The summed E-state index contributed by atoms with van der Waals surface area (Å²) in [6, 6.07) is 6.34. The molecule has 0 spiro atoms. The molecule has 2 aliphatic rings. The number of hydrogen-bond donors (Lipinski definition) is 0. The number of piperazine rings is 1. The summed E-state index contributed by atoms with van der Waals surface area (Å²) < 4.78 is 5.38. The average molecular weight is 369 g/mol. The highest BCUT2D eigenvalue weighted by molar-refractivity contribution is 5.91. The second-order valence-corrected chi connectivity index (χ2v) is 7.49. The number of nitrogens with zero attached hydrogens (tertiary/aromatic N) is 5. The largest absolute Gasteiger partial charge is 0.381 e. The Morgan fingerprint density at radius 3 is 2.56 bits per heavy atom. The summed E-state index contributed by atoms with van der Waals surface area (Å²) in [4.78, 5) is 27.9. The Morgan fingerprint density at radius 2 is 1.85 bits per heavy atom. The smallest absolute Gasteiger partial charge is 0.225 e. The van der Waals surface area contributed by atoms with Crippen LogP contribution in [0, 0.1) is 5.92 Å². The van der Waals surface area contributed by atoms with Crippen molar-refractivity contribution in [1.29, 1.82) is 0 Å². The number of amides is 1. The van der Waals surface area contributed by atoms with Crippen LogP contribution in [0.4, 0.5) is 11.5 Å². The number of fused-ring (bicyclic) bond motifs is 1. The van der Waals surface area contributed by atoms with Crippen molar-refractivity contribution in [2.75, 3.05) is 63.3 Å². The summed E-state index contributed by atoms with van der Waals surface area (Å²) in [5.41, 5.74) is 2.12. The zero-order valence-electron chi connectivity index (χ0n) is 16.1. The number of carbonyl (C=O) groups excluding carboxylic acids is 1. The lowest BCUT2D eigenvalue weighted by molar-refractivity contribution is -0.138. The predicted octanol–water partition coefficient (Wildman–Crippen LogP) is 1.77. The van der Waals surface area contributed by atoms with E-state index in [1.807, 2.05) is 23.9 Å². The second-order valence-electron chi connectivity index (χ2n) is 7.49. The highest BCUT2D eigenvalue weighted by Crippen LogP contribution is 2.27.